The Morgan fingerprint density at radius 3 is 2.58 bits per heavy atom. The molecule has 1 N–H and O–H groups in total. The number of hydrogen-bond donors (Lipinski definition) is 1. The van der Waals surface area contributed by atoms with Crippen molar-refractivity contribution >= 4 is 0 Å². The number of nitrogens with one attached hydrogen (secondary N) is 1. The van der Waals surface area contributed by atoms with Crippen molar-refractivity contribution in [2.45, 2.75) is 64.5 Å². The Kier molecular flexibility index (Phi) is 5.38. The molecular formula is C17H26FN. The molecule has 1 aliphatic rings. The Hall–Kier alpha value is -0.890. The Morgan fingerprint density at radius 2 is 1.89 bits per heavy atom. The van der Waals surface area contributed by atoms with Crippen molar-refractivity contribution in [3.8, 4) is 0 Å². The second-order valence-electron chi connectivity index (χ2n) is 5.92. The van der Waals surface area contributed by atoms with E-state index in [4.69, 9.17) is 0 Å². The summed E-state index contributed by atoms with van der Waals surface area (Å²) in [7, 11) is 0. The molecule has 1 fully saturated rings. The van der Waals surface area contributed by atoms with Gasteiger partial charge in [0, 0.05) is 12.1 Å². The summed E-state index contributed by atoms with van der Waals surface area (Å²) in [5.74, 6) is 0.768. The lowest BCUT2D eigenvalue weighted by molar-refractivity contribution is 0.399. The van der Waals surface area contributed by atoms with Crippen LogP contribution in [0.3, 0.4) is 0 Å². The highest BCUT2D eigenvalue weighted by molar-refractivity contribution is 5.19. The van der Waals surface area contributed by atoms with Crippen molar-refractivity contribution in [2.75, 3.05) is 0 Å². The average molecular weight is 263 g/mol. The lowest BCUT2D eigenvalue weighted by Crippen LogP contribution is -2.31. The van der Waals surface area contributed by atoms with Gasteiger partial charge in [-0.2, -0.15) is 0 Å². The summed E-state index contributed by atoms with van der Waals surface area (Å²) in [6.45, 7) is 4.48. The molecular weight excluding hydrogens is 237 g/mol. The van der Waals surface area contributed by atoms with Crippen LogP contribution >= 0.6 is 0 Å². The van der Waals surface area contributed by atoms with E-state index in [0.29, 0.717) is 12.1 Å². The second-order valence-corrected chi connectivity index (χ2v) is 5.92. The largest absolute Gasteiger partial charge is 0.307 e. The maximum absolute atomic E-state index is 12.9. The van der Waals surface area contributed by atoms with E-state index in [2.05, 4.69) is 19.2 Å². The predicted octanol–water partition coefficient (Wildman–Crippen LogP) is 4.84. The van der Waals surface area contributed by atoms with E-state index in [1.807, 2.05) is 12.1 Å². The van der Waals surface area contributed by atoms with Gasteiger partial charge in [0.1, 0.15) is 5.82 Å². The van der Waals surface area contributed by atoms with Gasteiger partial charge in [0.25, 0.3) is 0 Å². The van der Waals surface area contributed by atoms with Gasteiger partial charge in [0.2, 0.25) is 0 Å². The van der Waals surface area contributed by atoms with Crippen molar-refractivity contribution in [3.63, 3.8) is 0 Å². The molecule has 106 valence electrons. The summed E-state index contributed by atoms with van der Waals surface area (Å²) < 4.78 is 12.9. The number of hydrogen-bond acceptors (Lipinski definition) is 1. The van der Waals surface area contributed by atoms with Crippen LogP contribution in [0.25, 0.3) is 0 Å². The molecule has 2 unspecified atom stereocenters. The van der Waals surface area contributed by atoms with Gasteiger partial charge in [0.15, 0.2) is 0 Å². The summed E-state index contributed by atoms with van der Waals surface area (Å²) in [5.41, 5.74) is 1.18. The summed E-state index contributed by atoms with van der Waals surface area (Å²) >= 11 is 0. The van der Waals surface area contributed by atoms with E-state index in [9.17, 15) is 4.39 Å². The van der Waals surface area contributed by atoms with Gasteiger partial charge in [-0.05, 0) is 49.8 Å². The molecule has 0 amide bonds. The van der Waals surface area contributed by atoms with Crippen LogP contribution < -0.4 is 5.32 Å². The first-order chi connectivity index (χ1) is 9.19. The van der Waals surface area contributed by atoms with Crippen LogP contribution in [0.2, 0.25) is 0 Å². The molecule has 1 aromatic carbocycles. The number of rotatable bonds is 4. The maximum Gasteiger partial charge on any atom is 0.123 e. The molecule has 1 aromatic rings. The van der Waals surface area contributed by atoms with Gasteiger partial charge < -0.3 is 5.32 Å². The lowest BCUT2D eigenvalue weighted by atomic mass is 9.97. The second kappa shape index (κ2) is 7.04. The Morgan fingerprint density at radius 1 is 1.16 bits per heavy atom. The molecule has 1 saturated carbocycles. The molecule has 0 radical (unpaired) electrons. The van der Waals surface area contributed by atoms with E-state index in [1.54, 1.807) is 12.1 Å². The zero-order valence-corrected chi connectivity index (χ0v) is 12.2. The number of halogens is 1. The fourth-order valence-electron chi connectivity index (χ4n) is 3.15. The maximum atomic E-state index is 12.9. The molecule has 19 heavy (non-hydrogen) atoms. The molecule has 0 bridgehead atoms. The summed E-state index contributed by atoms with van der Waals surface area (Å²) in [6, 6.07) is 7.80. The van der Waals surface area contributed by atoms with Gasteiger partial charge in [-0.25, -0.2) is 4.39 Å². The molecule has 0 heterocycles. The molecule has 3 atom stereocenters. The van der Waals surface area contributed by atoms with E-state index in [1.165, 1.54) is 44.1 Å². The smallest absolute Gasteiger partial charge is 0.123 e. The van der Waals surface area contributed by atoms with E-state index >= 15 is 0 Å². The molecule has 2 rings (SSSR count). The van der Waals surface area contributed by atoms with Gasteiger partial charge >= 0.3 is 0 Å². The quantitative estimate of drug-likeness (QED) is 0.767. The Balaban J connectivity index is 1.88. The van der Waals surface area contributed by atoms with Crippen LogP contribution in [0.5, 0.6) is 0 Å². The SMILES string of the molecule is CCC1CCCC(N[C@@H](C)c2ccc(F)cc2)CC1. The molecule has 0 spiro atoms. The molecule has 1 aliphatic carbocycles. The molecule has 2 heteroatoms. The number of benzene rings is 1. The zero-order chi connectivity index (χ0) is 13.7. The molecule has 0 saturated heterocycles. The van der Waals surface area contributed by atoms with Gasteiger partial charge in [-0.1, -0.05) is 38.3 Å². The highest BCUT2D eigenvalue weighted by atomic mass is 19.1. The minimum Gasteiger partial charge on any atom is -0.307 e. The molecule has 0 aromatic heterocycles. The van der Waals surface area contributed by atoms with Gasteiger partial charge in [-0.15, -0.1) is 0 Å². The zero-order valence-electron chi connectivity index (χ0n) is 12.2. The Bertz CT molecular complexity index is 373. The van der Waals surface area contributed by atoms with Gasteiger partial charge in [-0.3, -0.25) is 0 Å². The minimum absolute atomic E-state index is 0.156. The van der Waals surface area contributed by atoms with Crippen LogP contribution in [-0.2, 0) is 0 Å². The average Bonchev–Trinajstić information content (AvgIpc) is 2.64. The summed E-state index contributed by atoms with van der Waals surface area (Å²) in [4.78, 5) is 0. The molecule has 0 aliphatic heterocycles. The van der Waals surface area contributed by atoms with Crippen LogP contribution in [-0.4, -0.2) is 6.04 Å². The highest BCUT2D eigenvalue weighted by Crippen LogP contribution is 2.27. The van der Waals surface area contributed by atoms with E-state index in [0.717, 1.165) is 5.92 Å². The van der Waals surface area contributed by atoms with Crippen LogP contribution in [0.4, 0.5) is 4.39 Å². The van der Waals surface area contributed by atoms with Crippen molar-refractivity contribution in [3.05, 3.63) is 35.6 Å². The van der Waals surface area contributed by atoms with Crippen molar-refractivity contribution in [1.82, 2.24) is 5.32 Å². The minimum atomic E-state index is -0.156. The van der Waals surface area contributed by atoms with Crippen LogP contribution in [0, 0.1) is 11.7 Å². The summed E-state index contributed by atoms with van der Waals surface area (Å²) in [6.07, 6.45) is 7.96. The predicted molar refractivity (Wildman–Crippen MR) is 78.6 cm³/mol. The van der Waals surface area contributed by atoms with E-state index in [-0.39, 0.29) is 5.82 Å². The lowest BCUT2D eigenvalue weighted by Gasteiger charge is -2.22. The molecule has 1 nitrogen and oxygen atoms in total. The summed E-state index contributed by atoms with van der Waals surface area (Å²) in [5, 5.41) is 3.72. The third-order valence-electron chi connectivity index (χ3n) is 4.52. The van der Waals surface area contributed by atoms with Crippen molar-refractivity contribution in [1.29, 1.82) is 0 Å². The third-order valence-corrected chi connectivity index (χ3v) is 4.52. The van der Waals surface area contributed by atoms with Gasteiger partial charge in [0.05, 0.1) is 0 Å². The van der Waals surface area contributed by atoms with E-state index < -0.39 is 0 Å². The standard InChI is InChI=1S/C17H26FN/c1-3-14-5-4-6-17(12-7-14)19-13(2)15-8-10-16(18)11-9-15/h8-11,13-14,17,19H,3-7,12H2,1-2H3/t13-,14?,17?/m0/s1. The van der Waals surface area contributed by atoms with Crippen LogP contribution in [0.15, 0.2) is 24.3 Å². The highest BCUT2D eigenvalue weighted by Gasteiger charge is 2.19. The first kappa shape index (κ1) is 14.5. The fraction of sp³-hybridized carbons (Fsp3) is 0.647. The fourth-order valence-corrected chi connectivity index (χ4v) is 3.15. The third kappa shape index (κ3) is 4.31. The topological polar surface area (TPSA) is 12.0 Å². The first-order valence-electron chi connectivity index (χ1n) is 7.70. The Labute approximate surface area is 116 Å². The normalized spacial score (nSPS) is 25.8. The van der Waals surface area contributed by atoms with Crippen molar-refractivity contribution < 1.29 is 4.39 Å². The monoisotopic (exact) mass is 263 g/mol. The van der Waals surface area contributed by atoms with Crippen molar-refractivity contribution in [2.24, 2.45) is 5.92 Å². The van der Waals surface area contributed by atoms with Crippen LogP contribution in [0.1, 0.15) is 64.0 Å². The first-order valence-corrected chi connectivity index (χ1v) is 7.70.